The Kier molecular flexibility index (Phi) is 3.14. The van der Waals surface area contributed by atoms with E-state index >= 15 is 0 Å². The molecule has 0 aliphatic heterocycles. The van der Waals surface area contributed by atoms with Crippen molar-refractivity contribution in [1.82, 2.24) is 9.88 Å². The lowest BCUT2D eigenvalue weighted by molar-refractivity contribution is -0.121. The zero-order chi connectivity index (χ0) is 8.81. The summed E-state index contributed by atoms with van der Waals surface area (Å²) in [6, 6.07) is 3.78. The first kappa shape index (κ1) is 8.59. The first-order valence-electron chi connectivity index (χ1n) is 3.81. The summed E-state index contributed by atoms with van der Waals surface area (Å²) in [7, 11) is 0. The molecule has 1 aromatic rings. The van der Waals surface area contributed by atoms with Crippen molar-refractivity contribution in [3.63, 3.8) is 0 Å². The molecular weight excluding hydrogens is 152 g/mol. The van der Waals surface area contributed by atoms with E-state index < -0.39 is 0 Å². The minimum atomic E-state index is 0.00565. The zero-order valence-electron chi connectivity index (χ0n) is 6.86. The second kappa shape index (κ2) is 4.38. The highest BCUT2D eigenvalue weighted by Gasteiger charge is 1.98. The maximum Gasteiger partial charge on any atom is 0.240 e. The number of aromatic nitrogens is 1. The zero-order valence-corrected chi connectivity index (χ0v) is 6.86. The average molecular weight is 164 g/mol. The third-order valence-corrected chi connectivity index (χ3v) is 1.44. The molecule has 1 heterocycles. The van der Waals surface area contributed by atoms with Gasteiger partial charge in [-0.25, -0.2) is 0 Å². The second-order valence-corrected chi connectivity index (χ2v) is 2.45. The molecule has 1 N–H and O–H groups in total. The lowest BCUT2D eigenvalue weighted by Crippen LogP contribution is -2.26. The third-order valence-electron chi connectivity index (χ3n) is 1.44. The third kappa shape index (κ3) is 2.62. The van der Waals surface area contributed by atoms with Crippen molar-refractivity contribution in [2.24, 2.45) is 0 Å². The molecule has 1 rings (SSSR count). The Labute approximate surface area is 71.7 Å². The van der Waals surface area contributed by atoms with Gasteiger partial charge in [0.05, 0.1) is 0 Å². The summed E-state index contributed by atoms with van der Waals surface area (Å²) in [6.07, 6.45) is 5.37. The molecule has 0 atom stereocenters. The van der Waals surface area contributed by atoms with Gasteiger partial charge >= 0.3 is 0 Å². The molecule has 3 nitrogen and oxygen atoms in total. The Bertz CT molecular complexity index is 252. The summed E-state index contributed by atoms with van der Waals surface area (Å²) in [6.45, 7) is 4.41. The first-order chi connectivity index (χ1) is 5.83. The Morgan fingerprint density at radius 3 is 2.75 bits per heavy atom. The van der Waals surface area contributed by atoms with Crippen molar-refractivity contribution in [3.8, 4) is 0 Å². The van der Waals surface area contributed by atoms with Gasteiger partial charge in [0.1, 0.15) is 6.54 Å². The van der Waals surface area contributed by atoms with Crippen molar-refractivity contribution in [1.29, 1.82) is 0 Å². The number of hydrogen-bond donors (Lipinski definition) is 1. The molecule has 0 unspecified atom stereocenters. The van der Waals surface area contributed by atoms with Crippen molar-refractivity contribution in [3.05, 3.63) is 37.2 Å². The van der Waals surface area contributed by atoms with E-state index in [4.69, 9.17) is 0 Å². The Morgan fingerprint density at radius 1 is 1.50 bits per heavy atom. The standard InChI is InChI=1S/C9H12N2O/c1-2-5-10-9(12)8-11-6-3-4-7-11/h2-4,6-7H,1,5,8H2,(H,10,12). The van der Waals surface area contributed by atoms with Gasteiger partial charge in [-0.2, -0.15) is 0 Å². The fourth-order valence-electron chi connectivity index (χ4n) is 0.883. The molecule has 64 valence electrons. The summed E-state index contributed by atoms with van der Waals surface area (Å²) in [5.74, 6) is 0.00565. The van der Waals surface area contributed by atoms with Crippen molar-refractivity contribution in [2.45, 2.75) is 6.54 Å². The molecule has 0 spiro atoms. The van der Waals surface area contributed by atoms with E-state index in [0.29, 0.717) is 13.1 Å². The predicted molar refractivity (Wildman–Crippen MR) is 47.6 cm³/mol. The first-order valence-corrected chi connectivity index (χ1v) is 3.81. The average Bonchev–Trinajstić information content (AvgIpc) is 2.53. The van der Waals surface area contributed by atoms with Crippen LogP contribution in [0.1, 0.15) is 0 Å². The highest BCUT2D eigenvalue weighted by atomic mass is 16.1. The molecule has 3 heteroatoms. The summed E-state index contributed by atoms with van der Waals surface area (Å²) in [4.78, 5) is 11.1. The molecule has 0 saturated heterocycles. The maximum absolute atomic E-state index is 11.1. The van der Waals surface area contributed by atoms with E-state index in [9.17, 15) is 4.79 Å². The van der Waals surface area contributed by atoms with Gasteiger partial charge in [0.15, 0.2) is 0 Å². The molecule has 0 bridgehead atoms. The van der Waals surface area contributed by atoms with Crippen LogP contribution in [0.3, 0.4) is 0 Å². The van der Waals surface area contributed by atoms with E-state index in [-0.39, 0.29) is 5.91 Å². The number of rotatable bonds is 4. The number of amides is 1. The maximum atomic E-state index is 11.1. The van der Waals surface area contributed by atoms with Crippen LogP contribution in [0, 0.1) is 0 Å². The SMILES string of the molecule is C=CCNC(=O)Cn1cccc1. The Morgan fingerprint density at radius 2 is 2.17 bits per heavy atom. The largest absolute Gasteiger partial charge is 0.351 e. The van der Waals surface area contributed by atoms with Crippen LogP contribution in [0.5, 0.6) is 0 Å². The smallest absolute Gasteiger partial charge is 0.240 e. The summed E-state index contributed by atoms with van der Waals surface area (Å²) in [5.41, 5.74) is 0. The summed E-state index contributed by atoms with van der Waals surface area (Å²) in [5, 5.41) is 2.69. The molecule has 0 saturated carbocycles. The van der Waals surface area contributed by atoms with Gasteiger partial charge in [0.25, 0.3) is 0 Å². The fraction of sp³-hybridized carbons (Fsp3) is 0.222. The minimum absolute atomic E-state index is 0.00565. The topological polar surface area (TPSA) is 34.0 Å². The fourth-order valence-corrected chi connectivity index (χ4v) is 0.883. The lowest BCUT2D eigenvalue weighted by Gasteiger charge is -2.02. The highest BCUT2D eigenvalue weighted by Crippen LogP contribution is 1.88. The van der Waals surface area contributed by atoms with Crippen molar-refractivity contribution >= 4 is 5.91 Å². The van der Waals surface area contributed by atoms with Crippen LogP contribution >= 0.6 is 0 Å². The quantitative estimate of drug-likeness (QED) is 0.656. The van der Waals surface area contributed by atoms with Gasteiger partial charge in [0.2, 0.25) is 5.91 Å². The molecule has 1 amide bonds. The number of hydrogen-bond acceptors (Lipinski definition) is 1. The molecule has 12 heavy (non-hydrogen) atoms. The van der Waals surface area contributed by atoms with Gasteiger partial charge in [-0.3, -0.25) is 4.79 Å². The van der Waals surface area contributed by atoms with Crippen LogP contribution in [0.2, 0.25) is 0 Å². The van der Waals surface area contributed by atoms with Crippen LogP contribution in [0.15, 0.2) is 37.2 Å². The molecular formula is C9H12N2O. The van der Waals surface area contributed by atoms with Crippen LogP contribution in [-0.4, -0.2) is 17.0 Å². The van der Waals surface area contributed by atoms with Crippen LogP contribution < -0.4 is 5.32 Å². The summed E-state index contributed by atoms with van der Waals surface area (Å²) >= 11 is 0. The van der Waals surface area contributed by atoms with Gasteiger partial charge in [-0.05, 0) is 12.1 Å². The number of nitrogens with zero attached hydrogens (tertiary/aromatic N) is 1. The molecule has 0 fully saturated rings. The van der Waals surface area contributed by atoms with Crippen LogP contribution in [0.25, 0.3) is 0 Å². The monoisotopic (exact) mass is 164 g/mol. The number of carbonyl (C=O) groups is 1. The van der Waals surface area contributed by atoms with Crippen molar-refractivity contribution < 1.29 is 4.79 Å². The minimum Gasteiger partial charge on any atom is -0.351 e. The van der Waals surface area contributed by atoms with E-state index in [1.165, 1.54) is 0 Å². The highest BCUT2D eigenvalue weighted by molar-refractivity contribution is 5.75. The summed E-state index contributed by atoms with van der Waals surface area (Å²) < 4.78 is 1.82. The molecule has 0 radical (unpaired) electrons. The van der Waals surface area contributed by atoms with E-state index in [1.54, 1.807) is 6.08 Å². The van der Waals surface area contributed by atoms with Gasteiger partial charge < -0.3 is 9.88 Å². The molecule has 0 aliphatic carbocycles. The van der Waals surface area contributed by atoms with E-state index in [2.05, 4.69) is 11.9 Å². The molecule has 1 aromatic heterocycles. The predicted octanol–water partition coefficient (Wildman–Crippen LogP) is 0.790. The van der Waals surface area contributed by atoms with Gasteiger partial charge in [-0.15, -0.1) is 6.58 Å². The van der Waals surface area contributed by atoms with E-state index in [0.717, 1.165) is 0 Å². The molecule has 0 aromatic carbocycles. The van der Waals surface area contributed by atoms with E-state index in [1.807, 2.05) is 29.1 Å². The van der Waals surface area contributed by atoms with Crippen LogP contribution in [0.4, 0.5) is 0 Å². The van der Waals surface area contributed by atoms with Crippen LogP contribution in [-0.2, 0) is 11.3 Å². The Balaban J connectivity index is 2.32. The number of carbonyl (C=O) groups excluding carboxylic acids is 1. The number of nitrogens with one attached hydrogen (secondary N) is 1. The lowest BCUT2D eigenvalue weighted by atomic mass is 10.5. The second-order valence-electron chi connectivity index (χ2n) is 2.45. The Hall–Kier alpha value is -1.51. The van der Waals surface area contributed by atoms with Gasteiger partial charge in [-0.1, -0.05) is 6.08 Å². The molecule has 0 aliphatic rings. The normalized spacial score (nSPS) is 9.33. The van der Waals surface area contributed by atoms with Gasteiger partial charge in [0, 0.05) is 18.9 Å². The van der Waals surface area contributed by atoms with Crippen molar-refractivity contribution in [2.75, 3.05) is 6.54 Å².